The van der Waals surface area contributed by atoms with Crippen molar-refractivity contribution >= 4 is 46.3 Å². The van der Waals surface area contributed by atoms with Gasteiger partial charge in [0.1, 0.15) is 11.6 Å². The van der Waals surface area contributed by atoms with Gasteiger partial charge in [0.25, 0.3) is 5.91 Å². The summed E-state index contributed by atoms with van der Waals surface area (Å²) in [6.07, 6.45) is 1.33. The van der Waals surface area contributed by atoms with E-state index in [0.29, 0.717) is 10.9 Å². The third-order valence-electron chi connectivity index (χ3n) is 4.43. The number of amides is 2. The Morgan fingerprint density at radius 3 is 2.66 bits per heavy atom. The van der Waals surface area contributed by atoms with Crippen LogP contribution in [0.5, 0.6) is 0 Å². The largest absolute Gasteiger partial charge is 0.449 e. The lowest BCUT2D eigenvalue weighted by Crippen LogP contribution is -2.17. The number of hydrogen-bond acceptors (Lipinski definition) is 5. The third kappa shape index (κ3) is 5.61. The van der Waals surface area contributed by atoms with E-state index in [2.05, 4.69) is 15.8 Å². The Morgan fingerprint density at radius 2 is 1.81 bits per heavy atom. The van der Waals surface area contributed by atoms with Crippen LogP contribution >= 0.6 is 11.8 Å². The fraction of sp³-hybridized carbons (Fsp3) is 0.0417. The van der Waals surface area contributed by atoms with Gasteiger partial charge in [0.15, 0.2) is 5.09 Å². The summed E-state index contributed by atoms with van der Waals surface area (Å²) in [5, 5.41) is 9.38. The van der Waals surface area contributed by atoms with Gasteiger partial charge in [0, 0.05) is 11.3 Å². The summed E-state index contributed by atoms with van der Waals surface area (Å²) in [6.45, 7) is 0. The van der Waals surface area contributed by atoms with Crippen molar-refractivity contribution in [2.75, 3.05) is 11.1 Å². The highest BCUT2D eigenvalue weighted by Gasteiger charge is 2.08. The van der Waals surface area contributed by atoms with Gasteiger partial charge in [0.2, 0.25) is 5.91 Å². The van der Waals surface area contributed by atoms with Crippen LogP contribution in [0.15, 0.2) is 93.5 Å². The van der Waals surface area contributed by atoms with Crippen molar-refractivity contribution in [3.05, 3.63) is 96.0 Å². The number of carbonyl (C=O) groups excluding carboxylic acids is 2. The van der Waals surface area contributed by atoms with E-state index in [-0.39, 0.29) is 17.2 Å². The SMILES string of the molecule is O=C(CSc1ccc(/C=N/NC(=O)c2cccc(F)c2)o1)Nc1ccc2ccccc2c1. The van der Waals surface area contributed by atoms with Gasteiger partial charge in [-0.25, -0.2) is 9.82 Å². The van der Waals surface area contributed by atoms with Crippen molar-refractivity contribution in [1.82, 2.24) is 5.43 Å². The maximum absolute atomic E-state index is 13.2. The Hall–Kier alpha value is -3.91. The van der Waals surface area contributed by atoms with E-state index in [4.69, 9.17) is 4.42 Å². The zero-order valence-corrected chi connectivity index (χ0v) is 17.6. The molecule has 0 atom stereocenters. The Morgan fingerprint density at radius 1 is 0.969 bits per heavy atom. The van der Waals surface area contributed by atoms with Crippen molar-refractivity contribution in [2.45, 2.75) is 5.09 Å². The van der Waals surface area contributed by atoms with Crippen LogP contribution in [0.4, 0.5) is 10.1 Å². The number of benzene rings is 3. The van der Waals surface area contributed by atoms with Gasteiger partial charge in [-0.05, 0) is 53.2 Å². The molecule has 0 bridgehead atoms. The highest BCUT2D eigenvalue weighted by molar-refractivity contribution is 7.99. The number of halogens is 1. The molecule has 32 heavy (non-hydrogen) atoms. The van der Waals surface area contributed by atoms with E-state index in [1.165, 1.54) is 36.2 Å². The van der Waals surface area contributed by atoms with E-state index in [9.17, 15) is 14.0 Å². The molecule has 2 amide bonds. The van der Waals surface area contributed by atoms with Gasteiger partial charge in [-0.15, -0.1) is 0 Å². The molecule has 6 nitrogen and oxygen atoms in total. The van der Waals surface area contributed by atoms with Crippen LogP contribution in [0.25, 0.3) is 10.8 Å². The van der Waals surface area contributed by atoms with Gasteiger partial charge in [-0.2, -0.15) is 5.10 Å². The zero-order valence-electron chi connectivity index (χ0n) is 16.7. The average Bonchev–Trinajstić information content (AvgIpc) is 3.25. The Bertz CT molecular complexity index is 1300. The van der Waals surface area contributed by atoms with Crippen molar-refractivity contribution in [2.24, 2.45) is 5.10 Å². The van der Waals surface area contributed by atoms with Crippen molar-refractivity contribution < 1.29 is 18.4 Å². The van der Waals surface area contributed by atoms with Crippen LogP contribution < -0.4 is 10.7 Å². The number of nitrogens with one attached hydrogen (secondary N) is 2. The van der Waals surface area contributed by atoms with Gasteiger partial charge in [-0.1, -0.05) is 48.2 Å². The van der Waals surface area contributed by atoms with Crippen LogP contribution in [-0.2, 0) is 4.79 Å². The number of carbonyl (C=O) groups is 2. The molecule has 0 saturated carbocycles. The molecule has 4 aromatic rings. The molecule has 8 heteroatoms. The Balaban J connectivity index is 1.26. The fourth-order valence-electron chi connectivity index (χ4n) is 2.93. The van der Waals surface area contributed by atoms with Crippen molar-refractivity contribution in [3.8, 4) is 0 Å². The second kappa shape index (κ2) is 9.93. The standard InChI is InChI=1S/C24H18FN3O3S/c25-19-7-3-6-18(12-19)24(30)28-26-14-21-10-11-23(31-21)32-15-22(29)27-20-9-8-16-4-1-2-5-17(16)13-20/h1-14H,15H2,(H,27,29)(H,28,30)/b26-14+. The van der Waals surface area contributed by atoms with Crippen molar-refractivity contribution in [3.63, 3.8) is 0 Å². The lowest BCUT2D eigenvalue weighted by atomic mass is 10.1. The lowest BCUT2D eigenvalue weighted by molar-refractivity contribution is -0.113. The first kappa shape index (κ1) is 21.3. The minimum atomic E-state index is -0.535. The summed E-state index contributed by atoms with van der Waals surface area (Å²) in [6, 6.07) is 22.4. The summed E-state index contributed by atoms with van der Waals surface area (Å²) < 4.78 is 18.7. The first-order valence-electron chi connectivity index (χ1n) is 9.67. The summed E-state index contributed by atoms with van der Waals surface area (Å²) >= 11 is 1.24. The second-order valence-electron chi connectivity index (χ2n) is 6.77. The lowest BCUT2D eigenvalue weighted by Gasteiger charge is -2.06. The number of rotatable bonds is 7. The maximum atomic E-state index is 13.2. The number of furan rings is 1. The second-order valence-corrected chi connectivity index (χ2v) is 7.74. The van der Waals surface area contributed by atoms with Gasteiger partial charge in [0.05, 0.1) is 12.0 Å². The zero-order chi connectivity index (χ0) is 22.3. The molecule has 0 aliphatic carbocycles. The molecular weight excluding hydrogens is 429 g/mol. The molecule has 0 spiro atoms. The summed E-state index contributed by atoms with van der Waals surface area (Å²) in [5.41, 5.74) is 3.20. The predicted molar refractivity (Wildman–Crippen MR) is 123 cm³/mol. The average molecular weight is 447 g/mol. The van der Waals surface area contributed by atoms with E-state index < -0.39 is 11.7 Å². The molecule has 1 aromatic heterocycles. The smallest absolute Gasteiger partial charge is 0.271 e. The number of hydrazone groups is 1. The van der Waals surface area contributed by atoms with Crippen LogP contribution in [0, 0.1) is 5.82 Å². The highest BCUT2D eigenvalue weighted by atomic mass is 32.2. The molecule has 0 radical (unpaired) electrons. The summed E-state index contributed by atoms with van der Waals surface area (Å²) in [5.74, 6) is -0.611. The molecule has 4 rings (SSSR count). The van der Waals surface area contributed by atoms with Gasteiger partial charge >= 0.3 is 0 Å². The normalized spacial score (nSPS) is 11.0. The molecule has 160 valence electrons. The topological polar surface area (TPSA) is 83.7 Å². The minimum absolute atomic E-state index is 0.153. The molecule has 0 unspecified atom stereocenters. The Labute approximate surface area is 187 Å². The van der Waals surface area contributed by atoms with Crippen LogP contribution in [0.2, 0.25) is 0 Å². The van der Waals surface area contributed by atoms with Gasteiger partial charge < -0.3 is 9.73 Å². The van der Waals surface area contributed by atoms with Gasteiger partial charge in [-0.3, -0.25) is 9.59 Å². The molecular formula is C24H18FN3O3S. The molecule has 2 N–H and O–H groups in total. The van der Waals surface area contributed by atoms with Crippen LogP contribution in [-0.4, -0.2) is 23.8 Å². The minimum Gasteiger partial charge on any atom is -0.449 e. The first-order valence-corrected chi connectivity index (χ1v) is 10.7. The molecule has 0 aliphatic heterocycles. The first-order chi connectivity index (χ1) is 15.6. The number of fused-ring (bicyclic) bond motifs is 1. The molecule has 0 saturated heterocycles. The number of thioether (sulfide) groups is 1. The number of nitrogens with zero attached hydrogens (tertiary/aromatic N) is 1. The number of hydrogen-bond donors (Lipinski definition) is 2. The maximum Gasteiger partial charge on any atom is 0.271 e. The van der Waals surface area contributed by atoms with Crippen LogP contribution in [0.1, 0.15) is 16.1 Å². The summed E-state index contributed by atoms with van der Waals surface area (Å²) in [4.78, 5) is 24.2. The molecule has 0 aliphatic rings. The molecule has 3 aromatic carbocycles. The fourth-order valence-corrected chi connectivity index (χ4v) is 3.60. The van der Waals surface area contributed by atoms with E-state index >= 15 is 0 Å². The molecule has 0 fully saturated rings. The predicted octanol–water partition coefficient (Wildman–Crippen LogP) is 5.07. The third-order valence-corrected chi connectivity index (χ3v) is 5.34. The quantitative estimate of drug-likeness (QED) is 0.235. The summed E-state index contributed by atoms with van der Waals surface area (Å²) in [7, 11) is 0. The number of anilines is 1. The Kier molecular flexibility index (Phi) is 6.62. The van der Waals surface area contributed by atoms with E-state index in [0.717, 1.165) is 22.5 Å². The van der Waals surface area contributed by atoms with Crippen LogP contribution in [0.3, 0.4) is 0 Å². The van der Waals surface area contributed by atoms with E-state index in [1.54, 1.807) is 12.1 Å². The van der Waals surface area contributed by atoms with E-state index in [1.807, 2.05) is 42.5 Å². The monoisotopic (exact) mass is 447 g/mol. The van der Waals surface area contributed by atoms with Crippen molar-refractivity contribution in [1.29, 1.82) is 0 Å². The molecule has 1 heterocycles. The highest BCUT2D eigenvalue weighted by Crippen LogP contribution is 2.22.